The second-order valence-corrected chi connectivity index (χ2v) is 4.43. The summed E-state index contributed by atoms with van der Waals surface area (Å²) in [6.07, 6.45) is 2.13. The smallest absolute Gasteiger partial charge is 0.226 e. The minimum atomic E-state index is 0.0726. The van der Waals surface area contributed by atoms with Crippen molar-refractivity contribution < 1.29 is 4.79 Å². The molecular weight excluding hydrogens is 214 g/mol. The topological polar surface area (TPSA) is 38.1 Å². The molecule has 1 aromatic carbocycles. The number of amides is 1. The normalized spacial score (nSPS) is 15.7. The summed E-state index contributed by atoms with van der Waals surface area (Å²) in [5.74, 6) is 0.875. The van der Waals surface area contributed by atoms with Crippen LogP contribution in [0.15, 0.2) is 24.3 Å². The molecule has 2 aromatic rings. The van der Waals surface area contributed by atoms with Crippen LogP contribution in [0, 0.1) is 0 Å². The van der Waals surface area contributed by atoms with Gasteiger partial charge in [-0.2, -0.15) is 0 Å². The Balaban J connectivity index is 2.23. The molecule has 4 heteroatoms. The molecule has 1 aliphatic heterocycles. The summed E-state index contributed by atoms with van der Waals surface area (Å²) in [5.41, 5.74) is 2.09. The standard InChI is InChI=1S/C13H15N3O/c1-10(17)15-8-4-5-9-16-12-7-3-2-6-11(12)14-13(15)16/h2-3,6-7H,4-5,8-9H2,1H3. The summed E-state index contributed by atoms with van der Waals surface area (Å²) < 4.78 is 2.16. The number of imidazole rings is 1. The molecule has 4 nitrogen and oxygen atoms in total. The first-order valence-electron chi connectivity index (χ1n) is 6.01. The number of nitrogens with zero attached hydrogens (tertiary/aromatic N) is 3. The van der Waals surface area contributed by atoms with Gasteiger partial charge in [-0.3, -0.25) is 9.69 Å². The van der Waals surface area contributed by atoms with Crippen LogP contribution >= 0.6 is 0 Å². The monoisotopic (exact) mass is 229 g/mol. The molecule has 88 valence electrons. The van der Waals surface area contributed by atoms with E-state index in [1.807, 2.05) is 18.2 Å². The highest BCUT2D eigenvalue weighted by molar-refractivity contribution is 5.92. The van der Waals surface area contributed by atoms with Crippen molar-refractivity contribution in [2.45, 2.75) is 26.3 Å². The first-order chi connectivity index (χ1) is 8.27. The zero-order chi connectivity index (χ0) is 11.8. The van der Waals surface area contributed by atoms with Gasteiger partial charge in [0.25, 0.3) is 0 Å². The van der Waals surface area contributed by atoms with Crippen molar-refractivity contribution in [2.24, 2.45) is 0 Å². The number of anilines is 1. The maximum Gasteiger partial charge on any atom is 0.226 e. The van der Waals surface area contributed by atoms with E-state index in [2.05, 4.69) is 15.6 Å². The molecular formula is C13H15N3O. The minimum Gasteiger partial charge on any atom is -0.310 e. The Morgan fingerprint density at radius 1 is 1.24 bits per heavy atom. The van der Waals surface area contributed by atoms with E-state index in [-0.39, 0.29) is 5.91 Å². The highest BCUT2D eigenvalue weighted by Crippen LogP contribution is 2.25. The van der Waals surface area contributed by atoms with Crippen LogP contribution in [0.2, 0.25) is 0 Å². The first kappa shape index (κ1) is 10.3. The summed E-state index contributed by atoms with van der Waals surface area (Å²) >= 11 is 0. The number of rotatable bonds is 0. The van der Waals surface area contributed by atoms with E-state index in [0.29, 0.717) is 0 Å². The largest absolute Gasteiger partial charge is 0.310 e. The van der Waals surface area contributed by atoms with Gasteiger partial charge in [-0.25, -0.2) is 4.98 Å². The van der Waals surface area contributed by atoms with E-state index in [4.69, 9.17) is 0 Å². The fourth-order valence-electron chi connectivity index (χ4n) is 2.43. The Hall–Kier alpha value is -1.84. The second kappa shape index (κ2) is 3.87. The highest BCUT2D eigenvalue weighted by atomic mass is 16.2. The van der Waals surface area contributed by atoms with Crippen LogP contribution in [-0.4, -0.2) is 22.0 Å². The Bertz CT molecular complexity index is 573. The number of fused-ring (bicyclic) bond motifs is 3. The molecule has 0 fully saturated rings. The average molecular weight is 229 g/mol. The van der Waals surface area contributed by atoms with Gasteiger partial charge in [-0.15, -0.1) is 0 Å². The molecule has 17 heavy (non-hydrogen) atoms. The number of hydrogen-bond donors (Lipinski definition) is 0. The van der Waals surface area contributed by atoms with Crippen molar-refractivity contribution in [1.29, 1.82) is 0 Å². The van der Waals surface area contributed by atoms with Crippen LogP contribution in [-0.2, 0) is 11.3 Å². The van der Waals surface area contributed by atoms with Crippen molar-refractivity contribution >= 4 is 22.9 Å². The Morgan fingerprint density at radius 3 is 2.82 bits per heavy atom. The average Bonchev–Trinajstić information content (AvgIpc) is 2.54. The molecule has 0 N–H and O–H groups in total. The summed E-state index contributed by atoms with van der Waals surface area (Å²) in [7, 11) is 0. The molecule has 0 aliphatic carbocycles. The lowest BCUT2D eigenvalue weighted by Crippen LogP contribution is -2.30. The number of aromatic nitrogens is 2. The zero-order valence-corrected chi connectivity index (χ0v) is 9.89. The van der Waals surface area contributed by atoms with Crippen molar-refractivity contribution in [3.8, 4) is 0 Å². The minimum absolute atomic E-state index is 0.0726. The van der Waals surface area contributed by atoms with Crippen molar-refractivity contribution in [3.05, 3.63) is 24.3 Å². The maximum atomic E-state index is 11.7. The van der Waals surface area contributed by atoms with Crippen LogP contribution in [0.5, 0.6) is 0 Å². The molecule has 0 spiro atoms. The number of aryl methyl sites for hydroxylation is 1. The fourth-order valence-corrected chi connectivity index (χ4v) is 2.43. The predicted molar refractivity (Wildman–Crippen MR) is 67.0 cm³/mol. The Kier molecular flexibility index (Phi) is 2.35. The quantitative estimate of drug-likeness (QED) is 0.694. The van der Waals surface area contributed by atoms with Gasteiger partial charge in [0.2, 0.25) is 11.9 Å². The van der Waals surface area contributed by atoms with E-state index >= 15 is 0 Å². The third-order valence-electron chi connectivity index (χ3n) is 3.27. The van der Waals surface area contributed by atoms with E-state index in [0.717, 1.165) is 42.9 Å². The number of para-hydroxylation sites is 2. The maximum absolute atomic E-state index is 11.7. The molecule has 3 rings (SSSR count). The molecule has 1 amide bonds. The van der Waals surface area contributed by atoms with Gasteiger partial charge in [0.05, 0.1) is 11.0 Å². The summed E-state index contributed by atoms with van der Waals surface area (Å²) in [6.45, 7) is 3.33. The van der Waals surface area contributed by atoms with Crippen molar-refractivity contribution in [1.82, 2.24) is 9.55 Å². The number of carbonyl (C=O) groups is 1. The summed E-state index contributed by atoms with van der Waals surface area (Å²) in [5, 5.41) is 0. The highest BCUT2D eigenvalue weighted by Gasteiger charge is 2.22. The van der Waals surface area contributed by atoms with Crippen LogP contribution < -0.4 is 4.90 Å². The third kappa shape index (κ3) is 1.60. The van der Waals surface area contributed by atoms with Gasteiger partial charge in [0, 0.05) is 20.0 Å². The number of benzene rings is 1. The van der Waals surface area contributed by atoms with Crippen LogP contribution in [0.25, 0.3) is 11.0 Å². The van der Waals surface area contributed by atoms with E-state index < -0.39 is 0 Å². The summed E-state index contributed by atoms with van der Waals surface area (Å²) in [4.78, 5) is 18.0. The van der Waals surface area contributed by atoms with Crippen LogP contribution in [0.3, 0.4) is 0 Å². The van der Waals surface area contributed by atoms with E-state index in [9.17, 15) is 4.79 Å². The predicted octanol–water partition coefficient (Wildman–Crippen LogP) is 2.18. The zero-order valence-electron chi connectivity index (χ0n) is 9.89. The molecule has 0 saturated heterocycles. The molecule has 2 heterocycles. The molecule has 0 radical (unpaired) electrons. The lowest BCUT2D eigenvalue weighted by atomic mass is 10.3. The van der Waals surface area contributed by atoms with Crippen LogP contribution in [0.4, 0.5) is 5.95 Å². The van der Waals surface area contributed by atoms with Gasteiger partial charge in [-0.05, 0) is 25.0 Å². The first-order valence-corrected chi connectivity index (χ1v) is 6.01. The van der Waals surface area contributed by atoms with Crippen molar-refractivity contribution in [2.75, 3.05) is 11.4 Å². The molecule has 0 atom stereocenters. The lowest BCUT2D eigenvalue weighted by Gasteiger charge is -2.17. The third-order valence-corrected chi connectivity index (χ3v) is 3.27. The number of carbonyl (C=O) groups excluding carboxylic acids is 1. The van der Waals surface area contributed by atoms with E-state index in [1.165, 1.54) is 0 Å². The van der Waals surface area contributed by atoms with Gasteiger partial charge in [-0.1, -0.05) is 12.1 Å². The molecule has 0 saturated carbocycles. The lowest BCUT2D eigenvalue weighted by molar-refractivity contribution is -0.116. The molecule has 1 aromatic heterocycles. The van der Waals surface area contributed by atoms with Gasteiger partial charge < -0.3 is 4.57 Å². The molecule has 0 unspecified atom stereocenters. The number of hydrogen-bond acceptors (Lipinski definition) is 2. The second-order valence-electron chi connectivity index (χ2n) is 4.43. The summed E-state index contributed by atoms with van der Waals surface area (Å²) in [6, 6.07) is 8.05. The van der Waals surface area contributed by atoms with Gasteiger partial charge >= 0.3 is 0 Å². The van der Waals surface area contributed by atoms with E-state index in [1.54, 1.807) is 11.8 Å². The Morgan fingerprint density at radius 2 is 2.00 bits per heavy atom. The molecule has 1 aliphatic rings. The van der Waals surface area contributed by atoms with Gasteiger partial charge in [0.15, 0.2) is 0 Å². The molecule has 0 bridgehead atoms. The Labute approximate surface area is 99.9 Å². The fraction of sp³-hybridized carbons (Fsp3) is 0.385. The SMILES string of the molecule is CC(=O)N1CCCCn2c1nc1ccccc12. The van der Waals surface area contributed by atoms with Gasteiger partial charge in [0.1, 0.15) is 0 Å². The van der Waals surface area contributed by atoms with Crippen molar-refractivity contribution in [3.63, 3.8) is 0 Å². The van der Waals surface area contributed by atoms with Crippen LogP contribution in [0.1, 0.15) is 19.8 Å².